The monoisotopic (exact) mass is 267 g/mol. The highest BCUT2D eigenvalue weighted by Crippen LogP contribution is 2.29. The normalized spacial score (nSPS) is 26.4. The van der Waals surface area contributed by atoms with Gasteiger partial charge in [-0.15, -0.1) is 0 Å². The van der Waals surface area contributed by atoms with Crippen molar-refractivity contribution in [1.82, 2.24) is 10.3 Å². The van der Waals surface area contributed by atoms with Crippen LogP contribution in [0.4, 0.5) is 5.82 Å². The number of halogens is 1. The number of nitrogens with zero attached hydrogens (tertiary/aromatic N) is 2. The van der Waals surface area contributed by atoms with Gasteiger partial charge in [-0.1, -0.05) is 11.6 Å². The minimum Gasteiger partial charge on any atom is -0.478 e. The zero-order valence-corrected chi connectivity index (χ0v) is 10.5. The van der Waals surface area contributed by atoms with Gasteiger partial charge >= 0.3 is 5.97 Å². The van der Waals surface area contributed by atoms with Crippen LogP contribution in [0.5, 0.6) is 0 Å². The first-order valence-electron chi connectivity index (χ1n) is 6.03. The third-order valence-corrected chi connectivity index (χ3v) is 3.86. The predicted octanol–water partition coefficient (Wildman–Crippen LogP) is 1.37. The van der Waals surface area contributed by atoms with Crippen LogP contribution >= 0.6 is 11.6 Å². The highest BCUT2D eigenvalue weighted by Gasteiger charge is 2.33. The van der Waals surface area contributed by atoms with Crippen LogP contribution in [0.2, 0.25) is 5.02 Å². The molecule has 1 aromatic heterocycles. The molecule has 18 heavy (non-hydrogen) atoms. The van der Waals surface area contributed by atoms with Crippen molar-refractivity contribution in [1.29, 1.82) is 0 Å². The van der Waals surface area contributed by atoms with E-state index in [-0.39, 0.29) is 5.56 Å². The summed E-state index contributed by atoms with van der Waals surface area (Å²) in [5, 5.41) is 12.8. The lowest BCUT2D eigenvalue weighted by Crippen LogP contribution is -2.51. The van der Waals surface area contributed by atoms with E-state index in [1.807, 2.05) is 0 Å². The third-order valence-electron chi connectivity index (χ3n) is 3.58. The number of pyridine rings is 1. The zero-order valence-electron chi connectivity index (χ0n) is 9.77. The topological polar surface area (TPSA) is 65.5 Å². The number of hydrogen-bond donors (Lipinski definition) is 2. The van der Waals surface area contributed by atoms with E-state index in [1.54, 1.807) is 0 Å². The number of hydrogen-bond acceptors (Lipinski definition) is 4. The van der Waals surface area contributed by atoms with E-state index in [0.29, 0.717) is 22.9 Å². The fourth-order valence-corrected chi connectivity index (χ4v) is 3.04. The summed E-state index contributed by atoms with van der Waals surface area (Å²) in [6.07, 6.45) is 3.74. The van der Waals surface area contributed by atoms with Crippen molar-refractivity contribution < 1.29 is 9.90 Å². The molecule has 2 N–H and O–H groups in total. The number of piperazine rings is 1. The maximum Gasteiger partial charge on any atom is 0.337 e. The molecule has 2 aliphatic rings. The Labute approximate surface area is 110 Å². The molecular weight excluding hydrogens is 254 g/mol. The summed E-state index contributed by atoms with van der Waals surface area (Å²) >= 11 is 6.13. The van der Waals surface area contributed by atoms with Gasteiger partial charge in [0.15, 0.2) is 0 Å². The minimum absolute atomic E-state index is 0.127. The molecule has 96 valence electrons. The second kappa shape index (κ2) is 4.40. The molecule has 0 saturated carbocycles. The van der Waals surface area contributed by atoms with Crippen molar-refractivity contribution in [3.8, 4) is 0 Å². The van der Waals surface area contributed by atoms with Crippen molar-refractivity contribution in [3.63, 3.8) is 0 Å². The number of anilines is 1. The van der Waals surface area contributed by atoms with Crippen LogP contribution in [0, 0.1) is 0 Å². The molecule has 2 bridgehead atoms. The molecule has 2 unspecified atom stereocenters. The average molecular weight is 268 g/mol. The first-order valence-corrected chi connectivity index (χ1v) is 6.41. The molecule has 2 saturated heterocycles. The summed E-state index contributed by atoms with van der Waals surface area (Å²) in [7, 11) is 0. The molecule has 0 amide bonds. The number of carbonyl (C=O) groups is 1. The smallest absolute Gasteiger partial charge is 0.337 e. The Kier molecular flexibility index (Phi) is 2.87. The Bertz CT molecular complexity index is 482. The Hall–Kier alpha value is -1.33. The number of aromatic nitrogens is 1. The minimum atomic E-state index is -1.00. The maximum atomic E-state index is 10.8. The van der Waals surface area contributed by atoms with Crippen molar-refractivity contribution in [2.45, 2.75) is 24.9 Å². The second-order valence-electron chi connectivity index (χ2n) is 4.88. The molecule has 0 aliphatic carbocycles. The summed E-state index contributed by atoms with van der Waals surface area (Å²) < 4.78 is 0. The zero-order chi connectivity index (χ0) is 12.7. The third kappa shape index (κ3) is 2.04. The quantitative estimate of drug-likeness (QED) is 0.847. The van der Waals surface area contributed by atoms with Crippen LogP contribution < -0.4 is 10.2 Å². The first kappa shape index (κ1) is 11.7. The van der Waals surface area contributed by atoms with Gasteiger partial charge in [0.05, 0.1) is 10.6 Å². The van der Waals surface area contributed by atoms with Gasteiger partial charge in [-0.25, -0.2) is 9.78 Å². The molecule has 0 spiro atoms. The van der Waals surface area contributed by atoms with Crippen molar-refractivity contribution in [2.24, 2.45) is 0 Å². The molecule has 3 heterocycles. The Morgan fingerprint density at radius 3 is 2.67 bits per heavy atom. The van der Waals surface area contributed by atoms with Gasteiger partial charge in [0, 0.05) is 31.4 Å². The number of aromatic carboxylic acids is 1. The number of carboxylic acid groups (broad SMARTS) is 1. The van der Waals surface area contributed by atoms with Crippen molar-refractivity contribution in [2.75, 3.05) is 18.0 Å². The van der Waals surface area contributed by atoms with Crippen LogP contribution in [0.15, 0.2) is 12.3 Å². The lowest BCUT2D eigenvalue weighted by Gasteiger charge is -2.34. The molecule has 1 aromatic rings. The lowest BCUT2D eigenvalue weighted by atomic mass is 10.2. The highest BCUT2D eigenvalue weighted by atomic mass is 35.5. The average Bonchev–Trinajstić information content (AvgIpc) is 2.68. The van der Waals surface area contributed by atoms with Crippen LogP contribution in [0.3, 0.4) is 0 Å². The molecule has 2 fully saturated rings. The summed E-state index contributed by atoms with van der Waals surface area (Å²) in [5.74, 6) is -0.309. The molecule has 0 aromatic carbocycles. The number of fused-ring (bicyclic) bond motifs is 2. The van der Waals surface area contributed by atoms with Crippen LogP contribution in [-0.2, 0) is 0 Å². The maximum absolute atomic E-state index is 10.8. The molecule has 2 aliphatic heterocycles. The highest BCUT2D eigenvalue weighted by molar-refractivity contribution is 6.33. The molecule has 6 heteroatoms. The number of carboxylic acids is 1. The van der Waals surface area contributed by atoms with Gasteiger partial charge in [0.25, 0.3) is 0 Å². The number of rotatable bonds is 2. The van der Waals surface area contributed by atoms with Crippen LogP contribution in [-0.4, -0.2) is 41.2 Å². The van der Waals surface area contributed by atoms with Crippen molar-refractivity contribution >= 4 is 23.4 Å². The lowest BCUT2D eigenvalue weighted by molar-refractivity contribution is 0.0696. The second-order valence-corrected chi connectivity index (χ2v) is 5.28. The Morgan fingerprint density at radius 2 is 2.11 bits per heavy atom. The van der Waals surface area contributed by atoms with E-state index < -0.39 is 5.97 Å². The summed E-state index contributed by atoms with van der Waals surface area (Å²) in [6, 6.07) is 2.47. The van der Waals surface area contributed by atoms with Crippen LogP contribution in [0.1, 0.15) is 23.2 Å². The summed E-state index contributed by atoms with van der Waals surface area (Å²) in [5.41, 5.74) is 0.127. The van der Waals surface area contributed by atoms with E-state index in [0.717, 1.165) is 13.1 Å². The summed E-state index contributed by atoms with van der Waals surface area (Å²) in [6.45, 7) is 1.77. The van der Waals surface area contributed by atoms with Gasteiger partial charge in [0.1, 0.15) is 5.82 Å². The predicted molar refractivity (Wildman–Crippen MR) is 68.4 cm³/mol. The SMILES string of the molecule is O=C(O)c1cnc(N2CC3CCC(C2)N3)c(Cl)c1. The largest absolute Gasteiger partial charge is 0.478 e. The molecule has 5 nitrogen and oxygen atoms in total. The van der Waals surface area contributed by atoms with Crippen molar-refractivity contribution in [3.05, 3.63) is 22.8 Å². The van der Waals surface area contributed by atoms with E-state index in [9.17, 15) is 4.79 Å². The van der Waals surface area contributed by atoms with E-state index in [2.05, 4.69) is 15.2 Å². The number of nitrogens with one attached hydrogen (secondary N) is 1. The van der Waals surface area contributed by atoms with Gasteiger partial charge in [0.2, 0.25) is 0 Å². The fraction of sp³-hybridized carbons (Fsp3) is 0.500. The Morgan fingerprint density at radius 1 is 1.44 bits per heavy atom. The van der Waals surface area contributed by atoms with Crippen LogP contribution in [0.25, 0.3) is 0 Å². The standard InChI is InChI=1S/C12H14ClN3O2/c13-10-3-7(12(17)18)4-14-11(10)16-5-8-1-2-9(6-16)15-8/h3-4,8-9,15H,1-2,5-6H2,(H,17,18). The van der Waals surface area contributed by atoms with E-state index in [4.69, 9.17) is 16.7 Å². The van der Waals surface area contributed by atoms with Gasteiger partial charge in [-0.05, 0) is 18.9 Å². The molecule has 3 rings (SSSR count). The van der Waals surface area contributed by atoms with E-state index in [1.165, 1.54) is 25.1 Å². The first-order chi connectivity index (χ1) is 8.63. The Balaban J connectivity index is 1.86. The van der Waals surface area contributed by atoms with Gasteiger partial charge < -0.3 is 15.3 Å². The van der Waals surface area contributed by atoms with E-state index >= 15 is 0 Å². The molecule has 0 radical (unpaired) electrons. The van der Waals surface area contributed by atoms with Gasteiger partial charge in [-0.3, -0.25) is 0 Å². The summed E-state index contributed by atoms with van der Waals surface area (Å²) in [4.78, 5) is 17.2. The fourth-order valence-electron chi connectivity index (χ4n) is 2.75. The molecule has 2 atom stereocenters. The molecular formula is C12H14ClN3O2. The van der Waals surface area contributed by atoms with Gasteiger partial charge in [-0.2, -0.15) is 0 Å².